The van der Waals surface area contributed by atoms with E-state index in [0.717, 1.165) is 5.92 Å². The summed E-state index contributed by atoms with van der Waals surface area (Å²) in [4.78, 5) is 15.1. The van der Waals surface area contributed by atoms with E-state index in [0.29, 0.717) is 21.8 Å². The summed E-state index contributed by atoms with van der Waals surface area (Å²) in [6, 6.07) is 9.95. The first kappa shape index (κ1) is 24.8. The van der Waals surface area contributed by atoms with Crippen molar-refractivity contribution >= 4 is 94.1 Å². The van der Waals surface area contributed by atoms with Crippen molar-refractivity contribution < 1.29 is 0 Å². The number of fused-ring (bicyclic) bond motifs is 8. The Kier molecular flexibility index (Phi) is 5.93. The quantitative estimate of drug-likeness (QED) is 0.275. The third kappa shape index (κ3) is 3.83. The van der Waals surface area contributed by atoms with Gasteiger partial charge in [0, 0.05) is 59.5 Å². The van der Waals surface area contributed by atoms with Gasteiger partial charge in [0.25, 0.3) is 0 Å². The Labute approximate surface area is 258 Å². The maximum atomic E-state index is 2.54. The van der Waals surface area contributed by atoms with Crippen molar-refractivity contribution in [1.29, 1.82) is 0 Å². The molecule has 192 valence electrons. The van der Waals surface area contributed by atoms with E-state index in [1.807, 2.05) is 70.6 Å². The Balaban J connectivity index is 0.991. The van der Waals surface area contributed by atoms with Crippen molar-refractivity contribution in [3.05, 3.63) is 66.9 Å². The molecule has 3 aliphatic carbocycles. The van der Waals surface area contributed by atoms with E-state index in [1.165, 1.54) is 66.9 Å². The average molecular weight is 641 g/mol. The largest absolute Gasteiger partial charge is 0.116 e. The lowest BCUT2D eigenvalue weighted by Gasteiger charge is -2.41. The molecule has 4 heterocycles. The lowest BCUT2D eigenvalue weighted by molar-refractivity contribution is 0.233. The second kappa shape index (κ2) is 9.10. The zero-order chi connectivity index (χ0) is 25.2. The molecular weight excluding hydrogens is 617 g/mol. The molecule has 0 saturated heterocycles. The minimum absolute atomic E-state index is 0.515. The molecule has 0 spiro atoms. The number of hydrogen-bond acceptors (Lipinski definition) is 8. The normalized spacial score (nSPS) is 35.5. The Morgan fingerprint density at radius 3 is 1.66 bits per heavy atom. The van der Waals surface area contributed by atoms with Crippen molar-refractivity contribution in [3.63, 3.8) is 0 Å². The molecule has 1 saturated carbocycles. The average Bonchev–Trinajstić information content (AvgIpc) is 3.62. The highest BCUT2D eigenvalue weighted by Gasteiger charge is 2.49. The Hall–Kier alpha value is 0.200. The van der Waals surface area contributed by atoms with Gasteiger partial charge in [0.05, 0.1) is 8.47 Å². The molecule has 7 aliphatic rings. The highest BCUT2D eigenvalue weighted by Crippen LogP contribution is 2.68. The summed E-state index contributed by atoms with van der Waals surface area (Å²) in [7, 11) is 0. The second-order valence-corrected chi connectivity index (χ2v) is 20.5. The summed E-state index contributed by atoms with van der Waals surface area (Å²) >= 11 is 16.3. The van der Waals surface area contributed by atoms with Crippen molar-refractivity contribution in [2.45, 2.75) is 82.8 Å². The van der Waals surface area contributed by atoms with Crippen LogP contribution in [0, 0.1) is 17.3 Å². The summed E-state index contributed by atoms with van der Waals surface area (Å²) in [6.45, 7) is 5.04. The van der Waals surface area contributed by atoms with Crippen LogP contribution in [0.25, 0.3) is 0 Å². The molecule has 4 aliphatic heterocycles. The molecule has 2 aromatic rings. The number of thioether (sulfide) groups is 8. The zero-order valence-corrected chi connectivity index (χ0v) is 27.3. The van der Waals surface area contributed by atoms with Crippen LogP contribution < -0.4 is 0 Å². The molecule has 5 atom stereocenters. The Morgan fingerprint density at radius 2 is 1.11 bits per heavy atom. The standard InChI is InChI=1S/C30H24S8/c1-14-26-27(15-7-8-30(14,2)13-15)34-21-12-25-24(11-20(21)33-26)37-29(38-25)28-35-22-9-18-19(10-23(22)36-28)32-17-6-4-3-5-16(17)31-18/h3-6,9-12,14-17H,7-8,13H2,1-2H3/b29-28-/t14?,15?,16-,17?,30?/m0/s1. The molecule has 0 radical (unpaired) electrons. The molecule has 4 unspecified atom stereocenters. The topological polar surface area (TPSA) is 0 Å². The number of hydrogen-bond donors (Lipinski definition) is 0. The molecular formula is C30H24S8. The minimum Gasteiger partial charge on any atom is -0.116 e. The third-order valence-electron chi connectivity index (χ3n) is 8.83. The molecule has 0 amide bonds. The maximum absolute atomic E-state index is 2.54. The highest BCUT2D eigenvalue weighted by atomic mass is 32.2. The molecule has 9 rings (SSSR count). The van der Waals surface area contributed by atoms with Crippen LogP contribution in [-0.4, -0.2) is 10.5 Å². The van der Waals surface area contributed by atoms with E-state index in [1.54, 1.807) is 9.81 Å². The molecule has 8 heteroatoms. The third-order valence-corrected chi connectivity index (χ3v) is 20.3. The van der Waals surface area contributed by atoms with Gasteiger partial charge in [0.2, 0.25) is 0 Å². The fraction of sp³-hybridized carbons (Fsp3) is 0.333. The molecule has 0 N–H and O–H groups in total. The van der Waals surface area contributed by atoms with E-state index in [2.05, 4.69) is 85.9 Å². The van der Waals surface area contributed by atoms with Crippen molar-refractivity contribution in [2.75, 3.05) is 0 Å². The van der Waals surface area contributed by atoms with E-state index < -0.39 is 0 Å². The van der Waals surface area contributed by atoms with Gasteiger partial charge in [-0.3, -0.25) is 0 Å². The predicted molar refractivity (Wildman–Crippen MR) is 174 cm³/mol. The van der Waals surface area contributed by atoms with Gasteiger partial charge in [-0.15, -0.1) is 23.5 Å². The Bertz CT molecular complexity index is 1510. The van der Waals surface area contributed by atoms with E-state index in [9.17, 15) is 0 Å². The Morgan fingerprint density at radius 1 is 0.632 bits per heavy atom. The van der Waals surface area contributed by atoms with Crippen LogP contribution in [0.2, 0.25) is 0 Å². The fourth-order valence-corrected chi connectivity index (χ4v) is 17.9. The molecule has 2 bridgehead atoms. The van der Waals surface area contributed by atoms with Crippen molar-refractivity contribution in [3.8, 4) is 0 Å². The minimum atomic E-state index is 0.515. The predicted octanol–water partition coefficient (Wildman–Crippen LogP) is 11.8. The maximum Gasteiger partial charge on any atom is 0.0706 e. The summed E-state index contributed by atoms with van der Waals surface area (Å²) in [5, 5.41) is 1.12. The SMILES string of the molecule is CC1C2=C(Sc3cc4c(cc3S2)S/C(=C2/Sc3cc5c(cc3S2)S[C@H]2C=CC=CC2S5)S4)C2CCC1(C)C2. The smallest absolute Gasteiger partial charge is 0.0706 e. The van der Waals surface area contributed by atoms with Gasteiger partial charge >= 0.3 is 0 Å². The van der Waals surface area contributed by atoms with E-state index >= 15 is 0 Å². The molecule has 0 nitrogen and oxygen atoms in total. The van der Waals surface area contributed by atoms with Crippen LogP contribution in [0.1, 0.15) is 33.1 Å². The fourth-order valence-electron chi connectivity index (χ4n) is 6.52. The van der Waals surface area contributed by atoms with Gasteiger partial charge < -0.3 is 0 Å². The van der Waals surface area contributed by atoms with Crippen LogP contribution in [0.3, 0.4) is 0 Å². The van der Waals surface area contributed by atoms with Crippen LogP contribution in [0.5, 0.6) is 0 Å². The number of rotatable bonds is 0. The number of benzene rings is 2. The van der Waals surface area contributed by atoms with Gasteiger partial charge in [-0.05, 0) is 60.8 Å². The molecule has 2 aromatic carbocycles. The lowest BCUT2D eigenvalue weighted by atomic mass is 9.73. The summed E-state index contributed by atoms with van der Waals surface area (Å²) in [5.41, 5.74) is 0.515. The van der Waals surface area contributed by atoms with Crippen LogP contribution in [0.15, 0.2) is 106 Å². The van der Waals surface area contributed by atoms with Crippen molar-refractivity contribution in [1.82, 2.24) is 0 Å². The zero-order valence-electron chi connectivity index (χ0n) is 20.8. The first-order chi connectivity index (χ1) is 18.5. The first-order valence-electron chi connectivity index (χ1n) is 13.1. The highest BCUT2D eigenvalue weighted by molar-refractivity contribution is 8.30. The second-order valence-electron chi connectivity index (χ2n) is 11.2. The van der Waals surface area contributed by atoms with Gasteiger partial charge in [-0.2, -0.15) is 0 Å². The molecule has 1 fully saturated rings. The van der Waals surface area contributed by atoms with Gasteiger partial charge in [-0.1, -0.05) is 109 Å². The van der Waals surface area contributed by atoms with Crippen LogP contribution >= 0.6 is 94.1 Å². The van der Waals surface area contributed by atoms with Crippen LogP contribution in [-0.2, 0) is 0 Å². The van der Waals surface area contributed by atoms with Crippen molar-refractivity contribution in [2.24, 2.45) is 17.3 Å². The monoisotopic (exact) mass is 640 g/mol. The summed E-state index contributed by atoms with van der Waals surface area (Å²) in [5.74, 6) is 1.49. The number of allylic oxidation sites excluding steroid dienone is 4. The first-order valence-corrected chi connectivity index (χ1v) is 19.8. The van der Waals surface area contributed by atoms with E-state index in [-0.39, 0.29) is 0 Å². The van der Waals surface area contributed by atoms with Gasteiger partial charge in [0.1, 0.15) is 0 Å². The van der Waals surface area contributed by atoms with Gasteiger partial charge in [0.15, 0.2) is 0 Å². The molecule has 38 heavy (non-hydrogen) atoms. The van der Waals surface area contributed by atoms with E-state index in [4.69, 9.17) is 0 Å². The van der Waals surface area contributed by atoms with Crippen LogP contribution in [0.4, 0.5) is 0 Å². The molecule has 0 aromatic heterocycles. The van der Waals surface area contributed by atoms with Gasteiger partial charge in [-0.25, -0.2) is 0 Å². The summed E-state index contributed by atoms with van der Waals surface area (Å²) < 4.78 is 2.94. The lowest BCUT2D eigenvalue weighted by Crippen LogP contribution is -2.28. The summed E-state index contributed by atoms with van der Waals surface area (Å²) in [6.07, 6.45) is 13.3.